The van der Waals surface area contributed by atoms with Crippen LogP contribution >= 0.6 is 15.9 Å². The van der Waals surface area contributed by atoms with E-state index in [1.807, 2.05) is 0 Å². The molecular formula is C12H13BrO. The summed E-state index contributed by atoms with van der Waals surface area (Å²) < 4.78 is 1.11. The van der Waals surface area contributed by atoms with Gasteiger partial charge in [-0.2, -0.15) is 0 Å². The molecule has 0 unspecified atom stereocenters. The van der Waals surface area contributed by atoms with Crippen molar-refractivity contribution in [2.45, 2.75) is 25.7 Å². The molecule has 14 heavy (non-hydrogen) atoms. The molecule has 0 saturated heterocycles. The number of hydrogen-bond acceptors (Lipinski definition) is 1. The van der Waals surface area contributed by atoms with Gasteiger partial charge >= 0.3 is 0 Å². The zero-order chi connectivity index (χ0) is 9.97. The van der Waals surface area contributed by atoms with Gasteiger partial charge in [-0.1, -0.05) is 28.1 Å². The normalized spacial score (nSPS) is 21.5. The largest absolute Gasteiger partial charge is 0.300 e. The maximum atomic E-state index is 11.1. The van der Waals surface area contributed by atoms with Crippen molar-refractivity contribution in [3.8, 4) is 0 Å². The monoisotopic (exact) mass is 252 g/mol. The third-order valence-corrected chi connectivity index (χ3v) is 3.31. The minimum Gasteiger partial charge on any atom is -0.300 e. The molecule has 1 aliphatic carbocycles. The van der Waals surface area contributed by atoms with Crippen LogP contribution in [-0.4, -0.2) is 5.78 Å². The quantitative estimate of drug-likeness (QED) is 0.789. The van der Waals surface area contributed by atoms with Crippen LogP contribution in [0.3, 0.4) is 0 Å². The van der Waals surface area contributed by atoms with Gasteiger partial charge in [0.15, 0.2) is 0 Å². The van der Waals surface area contributed by atoms with E-state index < -0.39 is 0 Å². The summed E-state index contributed by atoms with van der Waals surface area (Å²) in [6.07, 6.45) is 3.71. The number of carbonyl (C=O) groups is 1. The van der Waals surface area contributed by atoms with Crippen molar-refractivity contribution < 1.29 is 4.79 Å². The molecule has 1 saturated carbocycles. The lowest BCUT2D eigenvalue weighted by Gasteiger charge is -2.07. The molecule has 1 aliphatic rings. The lowest BCUT2D eigenvalue weighted by molar-refractivity contribution is -0.117. The summed E-state index contributed by atoms with van der Waals surface area (Å²) in [6.45, 7) is 0. The van der Waals surface area contributed by atoms with Gasteiger partial charge in [0.1, 0.15) is 5.78 Å². The van der Waals surface area contributed by atoms with Gasteiger partial charge in [-0.25, -0.2) is 0 Å². The molecule has 0 radical (unpaired) electrons. The van der Waals surface area contributed by atoms with E-state index in [4.69, 9.17) is 0 Å². The molecular weight excluding hydrogens is 240 g/mol. The summed E-state index contributed by atoms with van der Waals surface area (Å²) >= 11 is 3.41. The molecule has 0 N–H and O–H groups in total. The molecule has 1 nitrogen and oxygen atoms in total. The lowest BCUT2D eigenvalue weighted by atomic mass is 9.98. The van der Waals surface area contributed by atoms with E-state index in [1.54, 1.807) is 0 Å². The van der Waals surface area contributed by atoms with Crippen LogP contribution in [0.5, 0.6) is 0 Å². The van der Waals surface area contributed by atoms with Crippen molar-refractivity contribution in [1.82, 2.24) is 0 Å². The van der Waals surface area contributed by atoms with Gasteiger partial charge in [0, 0.05) is 17.3 Å². The summed E-state index contributed by atoms with van der Waals surface area (Å²) in [6, 6.07) is 8.39. The van der Waals surface area contributed by atoms with Crippen molar-refractivity contribution in [2.24, 2.45) is 5.92 Å². The van der Waals surface area contributed by atoms with Crippen molar-refractivity contribution >= 4 is 21.7 Å². The SMILES string of the molecule is O=C1CC[C@@H](Cc2ccc(Br)cc2)C1. The Morgan fingerprint density at radius 2 is 2.00 bits per heavy atom. The molecule has 1 aromatic carbocycles. The Labute approximate surface area is 92.6 Å². The summed E-state index contributed by atoms with van der Waals surface area (Å²) in [5.41, 5.74) is 1.34. The third kappa shape index (κ3) is 2.44. The Morgan fingerprint density at radius 3 is 2.57 bits per heavy atom. The molecule has 0 aromatic heterocycles. The Morgan fingerprint density at radius 1 is 1.29 bits per heavy atom. The number of benzene rings is 1. The van der Waals surface area contributed by atoms with Crippen LogP contribution in [0.2, 0.25) is 0 Å². The molecule has 0 aliphatic heterocycles. The van der Waals surface area contributed by atoms with E-state index >= 15 is 0 Å². The molecule has 1 aromatic rings. The lowest BCUT2D eigenvalue weighted by Crippen LogP contribution is -1.99. The first-order valence-corrected chi connectivity index (χ1v) is 5.79. The van der Waals surface area contributed by atoms with Crippen molar-refractivity contribution in [2.75, 3.05) is 0 Å². The summed E-state index contributed by atoms with van der Waals surface area (Å²) in [4.78, 5) is 11.1. The Kier molecular flexibility index (Phi) is 3.02. The zero-order valence-corrected chi connectivity index (χ0v) is 9.59. The van der Waals surface area contributed by atoms with E-state index in [0.717, 1.165) is 30.2 Å². The number of rotatable bonds is 2. The fourth-order valence-electron chi connectivity index (χ4n) is 2.02. The second kappa shape index (κ2) is 4.26. The van der Waals surface area contributed by atoms with E-state index in [9.17, 15) is 4.79 Å². The van der Waals surface area contributed by atoms with E-state index in [-0.39, 0.29) is 0 Å². The average molecular weight is 253 g/mol. The predicted molar refractivity (Wildman–Crippen MR) is 60.2 cm³/mol. The molecule has 1 atom stereocenters. The molecule has 74 valence electrons. The number of ketones is 1. The summed E-state index contributed by atoms with van der Waals surface area (Å²) in [7, 11) is 0. The highest BCUT2D eigenvalue weighted by atomic mass is 79.9. The van der Waals surface area contributed by atoms with Gasteiger partial charge in [0.05, 0.1) is 0 Å². The van der Waals surface area contributed by atoms with Crippen LogP contribution in [0.4, 0.5) is 0 Å². The molecule has 2 heteroatoms. The highest BCUT2D eigenvalue weighted by Gasteiger charge is 2.21. The fraction of sp³-hybridized carbons (Fsp3) is 0.417. The van der Waals surface area contributed by atoms with Crippen molar-refractivity contribution in [1.29, 1.82) is 0 Å². The van der Waals surface area contributed by atoms with E-state index in [1.165, 1.54) is 5.56 Å². The predicted octanol–water partition coefficient (Wildman–Crippen LogP) is 3.36. The number of hydrogen-bond donors (Lipinski definition) is 0. The van der Waals surface area contributed by atoms with Gasteiger partial charge in [0.25, 0.3) is 0 Å². The number of carbonyl (C=O) groups excluding carboxylic acids is 1. The van der Waals surface area contributed by atoms with Crippen LogP contribution in [0.1, 0.15) is 24.8 Å². The third-order valence-electron chi connectivity index (χ3n) is 2.79. The van der Waals surface area contributed by atoms with Crippen LogP contribution in [0, 0.1) is 5.92 Å². The maximum absolute atomic E-state index is 11.1. The molecule has 2 rings (SSSR count). The minimum atomic E-state index is 0.437. The van der Waals surface area contributed by atoms with Gasteiger partial charge in [-0.3, -0.25) is 4.79 Å². The van der Waals surface area contributed by atoms with Crippen LogP contribution in [0.15, 0.2) is 28.7 Å². The smallest absolute Gasteiger partial charge is 0.133 e. The summed E-state index contributed by atoms with van der Waals surface area (Å²) in [5.74, 6) is 1.02. The van der Waals surface area contributed by atoms with Gasteiger partial charge in [-0.15, -0.1) is 0 Å². The fourth-order valence-corrected chi connectivity index (χ4v) is 2.28. The topological polar surface area (TPSA) is 17.1 Å². The van der Waals surface area contributed by atoms with E-state index in [0.29, 0.717) is 11.7 Å². The zero-order valence-electron chi connectivity index (χ0n) is 8.00. The first-order chi connectivity index (χ1) is 6.74. The highest BCUT2D eigenvalue weighted by molar-refractivity contribution is 9.10. The maximum Gasteiger partial charge on any atom is 0.133 e. The minimum absolute atomic E-state index is 0.437. The highest BCUT2D eigenvalue weighted by Crippen LogP contribution is 2.26. The van der Waals surface area contributed by atoms with Crippen molar-refractivity contribution in [3.63, 3.8) is 0 Å². The van der Waals surface area contributed by atoms with Crippen LogP contribution < -0.4 is 0 Å². The standard InChI is InChI=1S/C12H13BrO/c13-11-4-1-9(2-5-11)7-10-3-6-12(14)8-10/h1-2,4-5,10H,3,6-8H2/t10-/m0/s1. The Hall–Kier alpha value is -0.630. The number of halogens is 1. The second-order valence-electron chi connectivity index (χ2n) is 3.98. The molecule has 0 bridgehead atoms. The Bertz CT molecular complexity index is 329. The molecule has 0 spiro atoms. The molecule has 0 amide bonds. The van der Waals surface area contributed by atoms with Crippen LogP contribution in [0.25, 0.3) is 0 Å². The first-order valence-electron chi connectivity index (χ1n) is 5.00. The first kappa shape index (κ1) is 9.91. The molecule has 1 fully saturated rings. The van der Waals surface area contributed by atoms with Gasteiger partial charge in [-0.05, 0) is 36.5 Å². The van der Waals surface area contributed by atoms with Gasteiger partial charge < -0.3 is 0 Å². The average Bonchev–Trinajstić information content (AvgIpc) is 2.56. The van der Waals surface area contributed by atoms with Crippen LogP contribution in [-0.2, 0) is 11.2 Å². The Balaban J connectivity index is 1.97. The number of Topliss-reactive ketones (excluding diaryl/α,β-unsaturated/α-hetero) is 1. The van der Waals surface area contributed by atoms with Crippen molar-refractivity contribution in [3.05, 3.63) is 34.3 Å². The van der Waals surface area contributed by atoms with E-state index in [2.05, 4.69) is 40.2 Å². The second-order valence-corrected chi connectivity index (χ2v) is 4.89. The van der Waals surface area contributed by atoms with Gasteiger partial charge in [0.2, 0.25) is 0 Å². The molecule has 0 heterocycles. The summed E-state index contributed by atoms with van der Waals surface area (Å²) in [5, 5.41) is 0.